The Morgan fingerprint density at radius 3 is 0.985 bits per heavy atom. The molecule has 5 nitrogen and oxygen atoms in total. The zero-order valence-electron chi connectivity index (χ0n) is 41.6. The summed E-state index contributed by atoms with van der Waals surface area (Å²) >= 11 is 0. The van der Waals surface area contributed by atoms with E-state index in [1.165, 1.54) is 0 Å². The van der Waals surface area contributed by atoms with E-state index < -0.39 is 6.10 Å². The van der Waals surface area contributed by atoms with E-state index in [4.69, 9.17) is 14.2 Å². The summed E-state index contributed by atoms with van der Waals surface area (Å²) in [6, 6.07) is 0. The minimum Gasteiger partial charge on any atom is -0.462 e. The van der Waals surface area contributed by atoms with Crippen LogP contribution in [0.2, 0.25) is 0 Å². The second-order valence-electron chi connectivity index (χ2n) is 15.6. The molecular weight excluding hydrogens is 813 g/mol. The smallest absolute Gasteiger partial charge is 0.306 e. The molecule has 0 N–H and O–H groups in total. The molecule has 0 saturated carbocycles. The van der Waals surface area contributed by atoms with Crippen molar-refractivity contribution < 1.29 is 23.8 Å². The molecule has 364 valence electrons. The third kappa shape index (κ3) is 51.6. The largest absolute Gasteiger partial charge is 0.462 e. The van der Waals surface area contributed by atoms with E-state index in [1.807, 2.05) is 6.08 Å². The molecule has 0 heterocycles. The number of allylic oxidation sites excluding steroid dienone is 30. The molecule has 0 amide bonds. The third-order valence-electron chi connectivity index (χ3n) is 9.43. The van der Waals surface area contributed by atoms with Crippen molar-refractivity contribution in [2.75, 3.05) is 19.8 Å². The summed E-state index contributed by atoms with van der Waals surface area (Å²) in [7, 11) is 0. The van der Waals surface area contributed by atoms with Gasteiger partial charge < -0.3 is 14.2 Å². The number of carbonyl (C=O) groups is 2. The van der Waals surface area contributed by atoms with Crippen LogP contribution in [0.1, 0.15) is 162 Å². The number of ether oxygens (including phenoxy) is 3. The fraction of sp³-hybridized carbons (Fsp3) is 0.475. The molecular formula is C61H90O5. The Morgan fingerprint density at radius 2 is 0.636 bits per heavy atom. The summed E-state index contributed by atoms with van der Waals surface area (Å²) in [5.74, 6) is -0.612. The van der Waals surface area contributed by atoms with E-state index in [-0.39, 0.29) is 31.6 Å². The van der Waals surface area contributed by atoms with Crippen LogP contribution in [0.4, 0.5) is 0 Å². The van der Waals surface area contributed by atoms with Gasteiger partial charge in [-0.3, -0.25) is 9.59 Å². The maximum Gasteiger partial charge on any atom is 0.306 e. The minimum atomic E-state index is -0.643. The fourth-order valence-electron chi connectivity index (χ4n) is 5.81. The van der Waals surface area contributed by atoms with Gasteiger partial charge in [-0.1, -0.05) is 203 Å². The molecule has 0 aliphatic rings. The molecule has 0 fully saturated rings. The molecule has 1 unspecified atom stereocenters. The van der Waals surface area contributed by atoms with Gasteiger partial charge in [0.15, 0.2) is 6.10 Å². The van der Waals surface area contributed by atoms with Crippen LogP contribution in [0.15, 0.2) is 182 Å². The van der Waals surface area contributed by atoms with E-state index in [0.717, 1.165) is 116 Å². The van der Waals surface area contributed by atoms with Crippen molar-refractivity contribution in [1.29, 1.82) is 0 Å². The Morgan fingerprint density at radius 1 is 0.333 bits per heavy atom. The fourth-order valence-corrected chi connectivity index (χ4v) is 5.81. The lowest BCUT2D eigenvalue weighted by Crippen LogP contribution is -2.30. The van der Waals surface area contributed by atoms with Crippen LogP contribution in [-0.4, -0.2) is 37.9 Å². The number of unbranched alkanes of at least 4 members (excludes halogenated alkanes) is 2. The topological polar surface area (TPSA) is 61.8 Å². The van der Waals surface area contributed by atoms with Crippen LogP contribution in [0.5, 0.6) is 0 Å². The maximum atomic E-state index is 12.7. The molecule has 66 heavy (non-hydrogen) atoms. The van der Waals surface area contributed by atoms with Gasteiger partial charge in [0.2, 0.25) is 0 Å². The zero-order valence-corrected chi connectivity index (χ0v) is 41.6. The molecule has 0 bridgehead atoms. The molecule has 0 spiro atoms. The van der Waals surface area contributed by atoms with Gasteiger partial charge in [-0.25, -0.2) is 0 Å². The number of carbonyl (C=O) groups excluding carboxylic acids is 2. The van der Waals surface area contributed by atoms with Crippen molar-refractivity contribution in [1.82, 2.24) is 0 Å². The first-order valence-electron chi connectivity index (χ1n) is 25.3. The second kappa shape index (κ2) is 54.3. The highest BCUT2D eigenvalue weighted by Gasteiger charge is 2.17. The predicted molar refractivity (Wildman–Crippen MR) is 287 cm³/mol. The lowest BCUT2D eigenvalue weighted by molar-refractivity contribution is -0.162. The average molecular weight is 903 g/mol. The molecule has 0 radical (unpaired) electrons. The van der Waals surface area contributed by atoms with Gasteiger partial charge in [0, 0.05) is 19.4 Å². The van der Waals surface area contributed by atoms with Gasteiger partial charge in [-0.2, -0.15) is 0 Å². The molecule has 0 saturated heterocycles. The van der Waals surface area contributed by atoms with Crippen LogP contribution >= 0.6 is 0 Å². The van der Waals surface area contributed by atoms with Crippen molar-refractivity contribution in [2.24, 2.45) is 0 Å². The molecule has 1 atom stereocenters. The van der Waals surface area contributed by atoms with Gasteiger partial charge >= 0.3 is 11.9 Å². The van der Waals surface area contributed by atoms with Crippen molar-refractivity contribution in [3.8, 4) is 0 Å². The van der Waals surface area contributed by atoms with Gasteiger partial charge in [0.05, 0.1) is 6.61 Å². The maximum absolute atomic E-state index is 12.7. The second-order valence-corrected chi connectivity index (χ2v) is 15.6. The lowest BCUT2D eigenvalue weighted by Gasteiger charge is -2.18. The summed E-state index contributed by atoms with van der Waals surface area (Å²) in [5.41, 5.74) is 0. The van der Waals surface area contributed by atoms with E-state index in [9.17, 15) is 9.59 Å². The van der Waals surface area contributed by atoms with Crippen molar-refractivity contribution in [3.63, 3.8) is 0 Å². The molecule has 0 aromatic carbocycles. The van der Waals surface area contributed by atoms with Crippen LogP contribution in [0.25, 0.3) is 0 Å². The summed E-state index contributed by atoms with van der Waals surface area (Å²) in [6.07, 6.45) is 83.6. The van der Waals surface area contributed by atoms with E-state index >= 15 is 0 Å². The number of hydrogen-bond donors (Lipinski definition) is 0. The lowest BCUT2D eigenvalue weighted by atomic mass is 10.2. The quantitative estimate of drug-likeness (QED) is 0.0347. The summed E-state index contributed by atoms with van der Waals surface area (Å²) in [6.45, 7) is 7.15. The van der Waals surface area contributed by atoms with Crippen LogP contribution < -0.4 is 0 Å². The first-order valence-corrected chi connectivity index (χ1v) is 25.3. The number of hydrogen-bond acceptors (Lipinski definition) is 5. The van der Waals surface area contributed by atoms with Crippen molar-refractivity contribution >= 4 is 11.9 Å². The Labute approximate surface area is 404 Å². The molecule has 5 heteroatoms. The Bertz CT molecular complexity index is 1580. The Kier molecular flexibility index (Phi) is 50.2. The highest BCUT2D eigenvalue weighted by Crippen LogP contribution is 2.07. The SMILES string of the molecule is CC/C=C\C/C=C\C/C=C\C/C=C\C/C=C\C/C=C\CCCOCC(COC(=O)CCC/C=C\C/C=C\C/C=C\C/C=C\C/C=C\CC)OC(=O)CC/C=C\C/C=C\C/C=C\C/C=C\CC. The monoisotopic (exact) mass is 903 g/mol. The number of esters is 2. The molecule has 0 aliphatic carbocycles. The summed E-state index contributed by atoms with van der Waals surface area (Å²) in [5, 5.41) is 0. The third-order valence-corrected chi connectivity index (χ3v) is 9.43. The van der Waals surface area contributed by atoms with Crippen LogP contribution in [0, 0.1) is 0 Å². The van der Waals surface area contributed by atoms with Gasteiger partial charge in [-0.05, 0) is 128 Å². The van der Waals surface area contributed by atoms with E-state index in [0.29, 0.717) is 25.9 Å². The Hall–Kier alpha value is -5.00. The van der Waals surface area contributed by atoms with Crippen molar-refractivity contribution in [3.05, 3.63) is 182 Å². The van der Waals surface area contributed by atoms with Crippen molar-refractivity contribution in [2.45, 2.75) is 168 Å². The predicted octanol–water partition coefficient (Wildman–Crippen LogP) is 17.4. The van der Waals surface area contributed by atoms with Crippen LogP contribution in [-0.2, 0) is 23.8 Å². The average Bonchev–Trinajstić information content (AvgIpc) is 3.32. The molecule has 0 aromatic rings. The summed E-state index contributed by atoms with van der Waals surface area (Å²) in [4.78, 5) is 25.3. The molecule has 0 aliphatic heterocycles. The van der Waals surface area contributed by atoms with Gasteiger partial charge in [-0.15, -0.1) is 0 Å². The van der Waals surface area contributed by atoms with E-state index in [1.54, 1.807) is 0 Å². The molecule has 0 rings (SSSR count). The standard InChI is InChI=1S/C61H90O5/c1-4-7-10-13-16-19-22-25-27-29-30-31-33-35-38-41-44-47-50-53-56-64-57-59(66-61(63)55-52-49-46-43-40-36-24-21-18-15-12-9-6-3)58-65-60(62)54-51-48-45-42-39-37-34-32-28-26-23-20-17-14-11-8-5-2/h7-12,16-21,25-28,30-31,34-38,40,42,44-47,49,59H,4-6,13-15,22-24,29,32-33,39,41,43,48,50-58H2,1-3H3/b10-7-,11-8-,12-9-,19-16-,20-17-,21-18-,27-25-,28-26-,31-30-,37-34-,38-35-,40-36-,45-42-,47-44-,49-46-. The zero-order chi connectivity index (χ0) is 47.7. The van der Waals surface area contributed by atoms with Crippen LogP contribution in [0.3, 0.4) is 0 Å². The van der Waals surface area contributed by atoms with Gasteiger partial charge in [0.25, 0.3) is 0 Å². The molecule has 0 aromatic heterocycles. The number of rotatable bonds is 43. The Balaban J connectivity index is 4.59. The van der Waals surface area contributed by atoms with E-state index in [2.05, 4.69) is 197 Å². The first-order chi connectivity index (χ1) is 32.6. The van der Waals surface area contributed by atoms with Gasteiger partial charge in [0.1, 0.15) is 6.61 Å². The summed E-state index contributed by atoms with van der Waals surface area (Å²) < 4.78 is 17.2. The first kappa shape index (κ1) is 61.0. The minimum absolute atomic E-state index is 0.0106. The highest BCUT2D eigenvalue weighted by atomic mass is 16.6. The highest BCUT2D eigenvalue weighted by molar-refractivity contribution is 5.70. The normalized spacial score (nSPS) is 13.8.